The molecule has 0 aliphatic rings. The number of para-hydroxylation sites is 1. The van der Waals surface area contributed by atoms with Crippen molar-refractivity contribution >= 4 is 29.3 Å². The molecule has 0 unspecified atom stereocenters. The van der Waals surface area contributed by atoms with Crippen molar-refractivity contribution in [1.29, 1.82) is 0 Å². The number of rotatable bonds is 8. The number of esters is 1. The van der Waals surface area contributed by atoms with Crippen LogP contribution in [0.15, 0.2) is 59.9 Å². The number of anilines is 1. The van der Waals surface area contributed by atoms with Crippen molar-refractivity contribution in [2.45, 2.75) is 5.16 Å². The van der Waals surface area contributed by atoms with E-state index in [1.807, 2.05) is 36.6 Å². The van der Waals surface area contributed by atoms with Crippen LogP contribution >= 0.6 is 11.8 Å². The number of imidazole rings is 1. The summed E-state index contributed by atoms with van der Waals surface area (Å²) >= 11 is 1.40. The molecule has 0 saturated carbocycles. The number of benzene rings is 2. The van der Waals surface area contributed by atoms with Gasteiger partial charge in [-0.2, -0.15) is 0 Å². The molecule has 3 rings (SSSR count). The summed E-state index contributed by atoms with van der Waals surface area (Å²) in [4.78, 5) is 29.2. The fourth-order valence-electron chi connectivity index (χ4n) is 2.74. The van der Waals surface area contributed by atoms with Crippen LogP contribution in [0.5, 0.6) is 11.5 Å². The summed E-state index contributed by atoms with van der Waals surface area (Å²) in [6.45, 7) is -0.456. The summed E-state index contributed by atoms with van der Waals surface area (Å²) in [5.74, 6) is -0.123. The minimum atomic E-state index is -0.650. The fraction of sp³-hybridized carbons (Fsp3) is 0.190. The molecule has 0 fully saturated rings. The van der Waals surface area contributed by atoms with Gasteiger partial charge in [-0.1, -0.05) is 30.0 Å². The predicted octanol–water partition coefficient (Wildman–Crippen LogP) is 3.41. The van der Waals surface area contributed by atoms with E-state index in [0.717, 1.165) is 5.69 Å². The normalized spacial score (nSPS) is 10.4. The largest absolute Gasteiger partial charge is 0.497 e. The number of amides is 1. The number of nitrogens with one attached hydrogen (secondary N) is 1. The highest BCUT2D eigenvalue weighted by atomic mass is 32.2. The van der Waals surface area contributed by atoms with E-state index in [0.29, 0.717) is 22.3 Å². The summed E-state index contributed by atoms with van der Waals surface area (Å²) in [5, 5.41) is 3.30. The first-order valence-corrected chi connectivity index (χ1v) is 10.2. The molecule has 8 nitrogen and oxygen atoms in total. The Morgan fingerprint density at radius 3 is 2.53 bits per heavy atom. The Bertz CT molecular complexity index is 1040. The molecule has 2 aromatic carbocycles. The maximum atomic E-state index is 12.6. The first kappa shape index (κ1) is 21.3. The number of hydrogen-bond acceptors (Lipinski definition) is 7. The Kier molecular flexibility index (Phi) is 6.97. The van der Waals surface area contributed by atoms with Gasteiger partial charge in [0.15, 0.2) is 17.5 Å². The standard InChI is InChI=1S/C21H21N3O5S/c1-27-15-9-10-16(18(11-15)28-2)23-19(25)13-29-20(26)17-12-22-21(30-3)24(17)14-7-5-4-6-8-14/h4-12H,13H2,1-3H3,(H,23,25). The van der Waals surface area contributed by atoms with E-state index in [1.165, 1.54) is 32.2 Å². The van der Waals surface area contributed by atoms with Crippen molar-refractivity contribution in [3.05, 3.63) is 60.4 Å². The number of methoxy groups -OCH3 is 2. The quantitative estimate of drug-likeness (QED) is 0.435. The fourth-order valence-corrected chi connectivity index (χ4v) is 3.29. The van der Waals surface area contributed by atoms with Crippen molar-refractivity contribution in [2.24, 2.45) is 0 Å². The lowest BCUT2D eigenvalue weighted by Crippen LogP contribution is -2.22. The first-order valence-electron chi connectivity index (χ1n) is 8.93. The van der Waals surface area contributed by atoms with Crippen molar-refractivity contribution in [3.8, 4) is 17.2 Å². The Labute approximate surface area is 178 Å². The average molecular weight is 427 g/mol. The molecule has 1 amide bonds. The topological polar surface area (TPSA) is 91.7 Å². The van der Waals surface area contributed by atoms with E-state index in [2.05, 4.69) is 10.3 Å². The van der Waals surface area contributed by atoms with Crippen LogP contribution in [0.3, 0.4) is 0 Å². The van der Waals surface area contributed by atoms with E-state index in [1.54, 1.807) is 22.8 Å². The molecule has 0 aliphatic heterocycles. The highest BCUT2D eigenvalue weighted by molar-refractivity contribution is 7.98. The third kappa shape index (κ3) is 4.74. The Hall–Kier alpha value is -3.46. The number of ether oxygens (including phenoxy) is 3. The van der Waals surface area contributed by atoms with Gasteiger partial charge in [0.05, 0.1) is 26.1 Å². The van der Waals surface area contributed by atoms with Gasteiger partial charge in [0.25, 0.3) is 5.91 Å². The maximum absolute atomic E-state index is 12.6. The molecule has 0 atom stereocenters. The van der Waals surface area contributed by atoms with Gasteiger partial charge >= 0.3 is 5.97 Å². The van der Waals surface area contributed by atoms with Gasteiger partial charge in [-0.05, 0) is 30.5 Å². The van der Waals surface area contributed by atoms with Crippen molar-refractivity contribution < 1.29 is 23.8 Å². The smallest absolute Gasteiger partial charge is 0.357 e. The molecule has 1 N–H and O–H groups in total. The number of nitrogens with zero attached hydrogens (tertiary/aromatic N) is 2. The second kappa shape index (κ2) is 9.84. The molecular weight excluding hydrogens is 406 g/mol. The lowest BCUT2D eigenvalue weighted by atomic mass is 10.2. The number of aromatic nitrogens is 2. The monoisotopic (exact) mass is 427 g/mol. The molecule has 3 aromatic rings. The van der Waals surface area contributed by atoms with E-state index in [9.17, 15) is 9.59 Å². The third-order valence-corrected chi connectivity index (χ3v) is 4.81. The minimum Gasteiger partial charge on any atom is -0.497 e. The highest BCUT2D eigenvalue weighted by Crippen LogP contribution is 2.29. The van der Waals surface area contributed by atoms with Crippen LogP contribution in [-0.2, 0) is 9.53 Å². The van der Waals surface area contributed by atoms with Crippen LogP contribution < -0.4 is 14.8 Å². The third-order valence-electron chi connectivity index (χ3n) is 4.15. The van der Waals surface area contributed by atoms with Gasteiger partial charge in [-0.15, -0.1) is 0 Å². The van der Waals surface area contributed by atoms with Crippen molar-refractivity contribution in [1.82, 2.24) is 9.55 Å². The SMILES string of the molecule is COc1ccc(NC(=O)COC(=O)c2cnc(SC)n2-c2ccccc2)c(OC)c1. The molecule has 30 heavy (non-hydrogen) atoms. The number of carbonyl (C=O) groups excluding carboxylic acids is 2. The van der Waals surface area contributed by atoms with Gasteiger partial charge in [0, 0.05) is 11.8 Å². The Balaban J connectivity index is 1.69. The zero-order valence-electron chi connectivity index (χ0n) is 16.7. The lowest BCUT2D eigenvalue weighted by Gasteiger charge is -2.12. The summed E-state index contributed by atoms with van der Waals surface area (Å²) < 4.78 is 17.3. The molecule has 0 aliphatic carbocycles. The van der Waals surface area contributed by atoms with Crippen LogP contribution in [-0.4, -0.2) is 48.5 Å². The lowest BCUT2D eigenvalue weighted by molar-refractivity contribution is -0.119. The molecule has 0 radical (unpaired) electrons. The molecule has 1 heterocycles. The van der Waals surface area contributed by atoms with E-state index < -0.39 is 18.5 Å². The average Bonchev–Trinajstić information content (AvgIpc) is 3.22. The number of thioether (sulfide) groups is 1. The number of carbonyl (C=O) groups is 2. The van der Waals surface area contributed by atoms with E-state index in [4.69, 9.17) is 14.2 Å². The molecule has 9 heteroatoms. The summed E-state index contributed by atoms with van der Waals surface area (Å²) in [6.07, 6.45) is 3.30. The van der Waals surface area contributed by atoms with Gasteiger partial charge in [-0.25, -0.2) is 9.78 Å². The van der Waals surface area contributed by atoms with Crippen LogP contribution in [0.2, 0.25) is 0 Å². The van der Waals surface area contributed by atoms with Crippen molar-refractivity contribution in [3.63, 3.8) is 0 Å². The molecule has 1 aromatic heterocycles. The number of hydrogen-bond donors (Lipinski definition) is 1. The minimum absolute atomic E-state index is 0.236. The zero-order valence-corrected chi connectivity index (χ0v) is 17.6. The van der Waals surface area contributed by atoms with Gasteiger partial charge in [-0.3, -0.25) is 9.36 Å². The molecule has 0 spiro atoms. The molecule has 0 saturated heterocycles. The second-order valence-electron chi connectivity index (χ2n) is 5.99. The Morgan fingerprint density at radius 2 is 1.87 bits per heavy atom. The van der Waals surface area contributed by atoms with E-state index >= 15 is 0 Å². The summed E-state index contributed by atoms with van der Waals surface area (Å²) in [5.41, 5.74) is 1.46. The van der Waals surface area contributed by atoms with Gasteiger partial charge in [0.1, 0.15) is 11.5 Å². The van der Waals surface area contributed by atoms with Gasteiger partial charge < -0.3 is 19.5 Å². The maximum Gasteiger partial charge on any atom is 0.357 e. The Morgan fingerprint density at radius 1 is 1.10 bits per heavy atom. The van der Waals surface area contributed by atoms with E-state index in [-0.39, 0.29) is 5.69 Å². The predicted molar refractivity (Wildman–Crippen MR) is 114 cm³/mol. The molecule has 156 valence electrons. The van der Waals surface area contributed by atoms with Crippen LogP contribution in [0.25, 0.3) is 5.69 Å². The van der Waals surface area contributed by atoms with Crippen LogP contribution in [0, 0.1) is 0 Å². The molecular formula is C21H21N3O5S. The zero-order chi connectivity index (χ0) is 21.5. The van der Waals surface area contributed by atoms with Crippen LogP contribution in [0.1, 0.15) is 10.5 Å². The molecule has 0 bridgehead atoms. The second-order valence-corrected chi connectivity index (χ2v) is 6.77. The van der Waals surface area contributed by atoms with Crippen LogP contribution in [0.4, 0.5) is 5.69 Å². The highest BCUT2D eigenvalue weighted by Gasteiger charge is 2.20. The van der Waals surface area contributed by atoms with Crippen molar-refractivity contribution in [2.75, 3.05) is 32.4 Å². The van der Waals surface area contributed by atoms with Gasteiger partial charge in [0.2, 0.25) is 0 Å². The first-order chi connectivity index (χ1) is 14.6. The summed E-state index contributed by atoms with van der Waals surface area (Å²) in [7, 11) is 3.02. The summed E-state index contributed by atoms with van der Waals surface area (Å²) in [6, 6.07) is 14.3.